The number of carbonyl (C=O) groups excluding carboxylic acids is 1. The van der Waals surface area contributed by atoms with Gasteiger partial charge in [-0.1, -0.05) is 6.07 Å². The van der Waals surface area contributed by atoms with Gasteiger partial charge >= 0.3 is 18.2 Å². The van der Waals surface area contributed by atoms with Crippen LogP contribution in [0.3, 0.4) is 0 Å². The fourth-order valence-corrected chi connectivity index (χ4v) is 2.35. The Hall–Kier alpha value is -2.52. The third-order valence-electron chi connectivity index (χ3n) is 3.96. The Labute approximate surface area is 148 Å². The van der Waals surface area contributed by atoms with Crippen LogP contribution in [0.4, 0.5) is 23.8 Å². The van der Waals surface area contributed by atoms with Crippen LogP contribution >= 0.6 is 0 Å². The van der Waals surface area contributed by atoms with Crippen LogP contribution in [0, 0.1) is 6.92 Å². The van der Waals surface area contributed by atoms with E-state index in [-0.39, 0.29) is 6.03 Å². The molecule has 0 bridgehead atoms. The molecule has 0 spiro atoms. The minimum absolute atomic E-state index is 0.0596. The molecule has 7 nitrogen and oxygen atoms in total. The fraction of sp³-hybridized carbons (Fsp3) is 0.562. The molecule has 1 fully saturated rings. The summed E-state index contributed by atoms with van der Waals surface area (Å²) in [5, 5.41) is 10.2. The maximum absolute atomic E-state index is 12.2. The van der Waals surface area contributed by atoms with Crippen LogP contribution in [0.5, 0.6) is 0 Å². The molecule has 0 aromatic carbocycles. The first-order valence-corrected chi connectivity index (χ1v) is 8.11. The minimum Gasteiger partial charge on any atom is -0.475 e. The van der Waals surface area contributed by atoms with E-state index in [0.717, 1.165) is 43.0 Å². The Kier molecular flexibility index (Phi) is 5.94. The number of aliphatic carboxylic acids is 1. The maximum atomic E-state index is 12.2. The Morgan fingerprint density at radius 3 is 2.42 bits per heavy atom. The summed E-state index contributed by atoms with van der Waals surface area (Å²) >= 11 is 0. The summed E-state index contributed by atoms with van der Waals surface area (Å²) in [4.78, 5) is 29.7. The first-order valence-electron chi connectivity index (χ1n) is 8.11. The van der Waals surface area contributed by atoms with Crippen molar-refractivity contribution in [2.45, 2.75) is 38.5 Å². The van der Waals surface area contributed by atoms with E-state index in [9.17, 15) is 18.0 Å². The number of carboxylic acid groups (broad SMARTS) is 1. The standard InChI is InChI=1S/C14H20N4O.C2HF3O2/c1-10-3-4-11-9-18(14(19)16-12-5-6-12)8-7-17(2)13(11)15-10;3-2(4,5)1(6)7/h3-4,12H,5-9H2,1-2H3,(H,16,19);(H,6,7). The lowest BCUT2D eigenvalue weighted by Gasteiger charge is -2.21. The van der Waals surface area contributed by atoms with Crippen molar-refractivity contribution in [1.82, 2.24) is 15.2 Å². The van der Waals surface area contributed by atoms with E-state index in [4.69, 9.17) is 9.90 Å². The summed E-state index contributed by atoms with van der Waals surface area (Å²) in [7, 11) is 2.04. The van der Waals surface area contributed by atoms with Crippen LogP contribution in [0.15, 0.2) is 12.1 Å². The highest BCUT2D eigenvalue weighted by Gasteiger charge is 2.38. The normalized spacial score (nSPS) is 16.8. The molecule has 2 N–H and O–H groups in total. The number of carbonyl (C=O) groups is 2. The van der Waals surface area contributed by atoms with Crippen LogP contribution < -0.4 is 10.2 Å². The molecule has 2 heterocycles. The number of hydrogen-bond donors (Lipinski definition) is 2. The van der Waals surface area contributed by atoms with Crippen molar-refractivity contribution in [3.05, 3.63) is 23.4 Å². The molecule has 10 heteroatoms. The Balaban J connectivity index is 0.000000298. The summed E-state index contributed by atoms with van der Waals surface area (Å²) in [5.74, 6) is -1.76. The summed E-state index contributed by atoms with van der Waals surface area (Å²) in [6, 6.07) is 4.56. The van der Waals surface area contributed by atoms with Crippen molar-refractivity contribution in [1.29, 1.82) is 0 Å². The summed E-state index contributed by atoms with van der Waals surface area (Å²) < 4.78 is 31.7. The zero-order chi connectivity index (χ0) is 19.5. The number of fused-ring (bicyclic) bond motifs is 1. The monoisotopic (exact) mass is 374 g/mol. The molecule has 1 aliphatic heterocycles. The molecule has 1 saturated carbocycles. The van der Waals surface area contributed by atoms with E-state index >= 15 is 0 Å². The van der Waals surface area contributed by atoms with Crippen molar-refractivity contribution in [3.63, 3.8) is 0 Å². The molecular formula is C16H21F3N4O3. The number of rotatable bonds is 1. The predicted molar refractivity (Wildman–Crippen MR) is 87.9 cm³/mol. The molecule has 2 amide bonds. The number of nitrogens with zero attached hydrogens (tertiary/aromatic N) is 3. The highest BCUT2D eigenvalue weighted by Crippen LogP contribution is 2.23. The molecular weight excluding hydrogens is 353 g/mol. The van der Waals surface area contributed by atoms with E-state index in [1.54, 1.807) is 0 Å². The molecule has 1 aliphatic carbocycles. The van der Waals surface area contributed by atoms with E-state index in [1.807, 2.05) is 24.9 Å². The largest absolute Gasteiger partial charge is 0.490 e. The third kappa shape index (κ3) is 5.50. The zero-order valence-corrected chi connectivity index (χ0v) is 14.5. The number of alkyl halides is 3. The van der Waals surface area contributed by atoms with Crippen molar-refractivity contribution < 1.29 is 27.9 Å². The molecule has 144 valence electrons. The number of amides is 2. The molecule has 0 radical (unpaired) electrons. The maximum Gasteiger partial charge on any atom is 0.490 e. The number of urea groups is 1. The van der Waals surface area contributed by atoms with E-state index in [2.05, 4.69) is 21.3 Å². The van der Waals surface area contributed by atoms with Gasteiger partial charge in [-0.3, -0.25) is 0 Å². The number of hydrogen-bond acceptors (Lipinski definition) is 4. The van der Waals surface area contributed by atoms with E-state index in [0.29, 0.717) is 12.6 Å². The molecule has 0 saturated heterocycles. The van der Waals surface area contributed by atoms with Crippen molar-refractivity contribution in [3.8, 4) is 0 Å². The second-order valence-electron chi connectivity index (χ2n) is 6.31. The van der Waals surface area contributed by atoms with Crippen LogP contribution in [0.25, 0.3) is 0 Å². The van der Waals surface area contributed by atoms with Gasteiger partial charge in [-0.2, -0.15) is 13.2 Å². The SMILES string of the molecule is Cc1ccc2c(n1)N(C)CCN(C(=O)NC1CC1)C2.O=C(O)C(F)(F)F. The van der Waals surface area contributed by atoms with Crippen molar-refractivity contribution in [2.75, 3.05) is 25.0 Å². The second kappa shape index (κ2) is 7.79. The van der Waals surface area contributed by atoms with E-state index in [1.165, 1.54) is 0 Å². The molecule has 2 aliphatic rings. The van der Waals surface area contributed by atoms with Crippen molar-refractivity contribution in [2.24, 2.45) is 0 Å². The summed E-state index contributed by atoms with van der Waals surface area (Å²) in [6.45, 7) is 4.20. The lowest BCUT2D eigenvalue weighted by molar-refractivity contribution is -0.192. The van der Waals surface area contributed by atoms with Crippen molar-refractivity contribution >= 4 is 17.8 Å². The molecule has 3 rings (SSSR count). The van der Waals surface area contributed by atoms with Gasteiger partial charge in [0.1, 0.15) is 5.82 Å². The molecule has 1 aromatic rings. The number of halogens is 3. The number of anilines is 1. The third-order valence-corrected chi connectivity index (χ3v) is 3.96. The topological polar surface area (TPSA) is 85.8 Å². The van der Waals surface area contributed by atoms with Gasteiger partial charge in [0.2, 0.25) is 0 Å². The number of likely N-dealkylation sites (N-methyl/N-ethyl adjacent to an activating group) is 1. The average molecular weight is 374 g/mol. The van der Waals surface area contributed by atoms with Gasteiger partial charge in [-0.05, 0) is 25.8 Å². The number of aromatic nitrogens is 1. The van der Waals surface area contributed by atoms with E-state index < -0.39 is 12.1 Å². The summed E-state index contributed by atoms with van der Waals surface area (Å²) in [5.41, 5.74) is 2.14. The quantitative estimate of drug-likeness (QED) is 0.787. The lowest BCUT2D eigenvalue weighted by Crippen LogP contribution is -2.42. The van der Waals surface area contributed by atoms with Crippen LogP contribution in [-0.4, -0.2) is 59.3 Å². The average Bonchev–Trinajstić information content (AvgIpc) is 3.36. The van der Waals surface area contributed by atoms with Crippen LogP contribution in [0.2, 0.25) is 0 Å². The second-order valence-corrected chi connectivity index (χ2v) is 6.31. The minimum atomic E-state index is -5.08. The van der Waals surface area contributed by atoms with Gasteiger partial charge in [0.15, 0.2) is 0 Å². The number of carboxylic acids is 1. The zero-order valence-electron chi connectivity index (χ0n) is 14.5. The Bertz CT molecular complexity index is 677. The summed E-state index contributed by atoms with van der Waals surface area (Å²) in [6.07, 6.45) is -2.84. The Morgan fingerprint density at radius 2 is 1.88 bits per heavy atom. The Morgan fingerprint density at radius 1 is 1.27 bits per heavy atom. The highest BCUT2D eigenvalue weighted by molar-refractivity contribution is 5.75. The predicted octanol–water partition coefficient (Wildman–Crippen LogP) is 2.15. The van der Waals surface area contributed by atoms with Gasteiger partial charge < -0.3 is 20.2 Å². The number of pyridine rings is 1. The molecule has 0 unspecified atom stereocenters. The van der Waals surface area contributed by atoms with Gasteiger partial charge in [0.25, 0.3) is 0 Å². The highest BCUT2D eigenvalue weighted by atomic mass is 19.4. The number of nitrogens with one attached hydrogen (secondary N) is 1. The van der Waals surface area contributed by atoms with Crippen LogP contribution in [-0.2, 0) is 11.3 Å². The lowest BCUT2D eigenvalue weighted by atomic mass is 10.2. The number of aryl methyl sites for hydroxylation is 1. The molecule has 26 heavy (non-hydrogen) atoms. The first kappa shape index (κ1) is 19.8. The molecule has 0 atom stereocenters. The van der Waals surface area contributed by atoms with Gasteiger partial charge in [0.05, 0.1) is 6.54 Å². The van der Waals surface area contributed by atoms with Crippen LogP contribution in [0.1, 0.15) is 24.1 Å². The fourth-order valence-electron chi connectivity index (χ4n) is 2.35. The van der Waals surface area contributed by atoms with Gasteiger partial charge in [-0.15, -0.1) is 0 Å². The van der Waals surface area contributed by atoms with Gasteiger partial charge in [-0.25, -0.2) is 14.6 Å². The van der Waals surface area contributed by atoms with Gasteiger partial charge in [0, 0.05) is 37.4 Å². The molecule has 1 aromatic heterocycles. The smallest absolute Gasteiger partial charge is 0.475 e. The first-order chi connectivity index (χ1) is 12.1.